The number of ether oxygens (including phenoxy) is 9. The summed E-state index contributed by atoms with van der Waals surface area (Å²) in [6, 6.07) is 0. The highest BCUT2D eigenvalue weighted by Crippen LogP contribution is 2.14. The van der Waals surface area contributed by atoms with E-state index in [0.29, 0.717) is 0 Å². The quantitative estimate of drug-likeness (QED) is 0.0225. The SMILES string of the molecule is CCCCCCC(O)C/C=C/CCCCCCCOC(=O)OCCOCC(COCCOC(=O)OCCCCCCC/C=C/CC(O)CCCCCC)OCCOC(=O)OCCCCCCC/C=C/CC(O)CCCCCC. The third-order valence-corrected chi connectivity index (χ3v) is 13.3. The van der Waals surface area contributed by atoms with Gasteiger partial charge in [-0.15, -0.1) is 0 Å². The Bertz CT molecular complexity index is 1310. The fourth-order valence-corrected chi connectivity index (χ4v) is 8.44. The van der Waals surface area contributed by atoms with Crippen molar-refractivity contribution in [2.45, 2.75) is 276 Å². The summed E-state index contributed by atoms with van der Waals surface area (Å²) < 4.78 is 48.5. The standard InChI is InChI=1S/C63H116O15/c1-4-7-10-31-40-57(64)43-34-25-19-13-16-22-28-37-46-73-61(67)76-51-49-70-55-60(72-53-54-78-63(69)75-48-39-30-24-18-15-21-27-36-45-59(66)42-33-12-9-6-3)56-71-50-52-77-62(68)74-47-38-29-23-17-14-20-26-35-44-58(65)41-32-11-8-5-2/h25-27,34-36,57-60,64-66H,4-24,28-33,37-56H2,1-3H3/b34-25+,35-26+,36-27+. The minimum Gasteiger partial charge on any atom is -0.434 e. The van der Waals surface area contributed by atoms with Gasteiger partial charge in [0.2, 0.25) is 0 Å². The molecule has 458 valence electrons. The van der Waals surface area contributed by atoms with Crippen LogP contribution in [0, 0.1) is 0 Å². The molecule has 0 spiro atoms. The average Bonchev–Trinajstić information content (AvgIpc) is 3.43. The van der Waals surface area contributed by atoms with Crippen LogP contribution in [0.5, 0.6) is 0 Å². The molecule has 0 bridgehead atoms. The number of carbonyl (C=O) groups is 3. The first-order valence-electron chi connectivity index (χ1n) is 31.4. The minimum atomic E-state index is -0.756. The Balaban J connectivity index is 4.38. The van der Waals surface area contributed by atoms with Gasteiger partial charge in [-0.25, -0.2) is 14.4 Å². The van der Waals surface area contributed by atoms with Gasteiger partial charge in [0.25, 0.3) is 0 Å². The number of unbranched alkanes of at least 4 members (excludes halogenated alkanes) is 24. The van der Waals surface area contributed by atoms with Crippen LogP contribution in [0.25, 0.3) is 0 Å². The van der Waals surface area contributed by atoms with Crippen molar-refractivity contribution in [1.82, 2.24) is 0 Å². The monoisotopic (exact) mass is 1110 g/mol. The molecule has 0 saturated heterocycles. The zero-order valence-electron chi connectivity index (χ0n) is 49.7. The van der Waals surface area contributed by atoms with E-state index >= 15 is 0 Å². The summed E-state index contributed by atoms with van der Waals surface area (Å²) in [4.78, 5) is 36.4. The van der Waals surface area contributed by atoms with Crippen LogP contribution in [0.1, 0.15) is 252 Å². The lowest BCUT2D eigenvalue weighted by atomic mass is 10.1. The van der Waals surface area contributed by atoms with Crippen LogP contribution < -0.4 is 0 Å². The van der Waals surface area contributed by atoms with E-state index in [2.05, 4.69) is 57.2 Å². The summed E-state index contributed by atoms with van der Waals surface area (Å²) in [5, 5.41) is 30.3. The maximum absolute atomic E-state index is 12.2. The summed E-state index contributed by atoms with van der Waals surface area (Å²) in [7, 11) is 0. The van der Waals surface area contributed by atoms with Crippen LogP contribution in [-0.4, -0.2) is 131 Å². The molecule has 0 rings (SSSR count). The molecule has 3 N–H and O–H groups in total. The van der Waals surface area contributed by atoms with Gasteiger partial charge in [0.05, 0.1) is 71.2 Å². The molecule has 0 saturated carbocycles. The van der Waals surface area contributed by atoms with Crippen LogP contribution >= 0.6 is 0 Å². The molecule has 0 aromatic carbocycles. The van der Waals surface area contributed by atoms with E-state index < -0.39 is 24.6 Å². The number of aliphatic hydroxyl groups is 3. The van der Waals surface area contributed by atoms with Gasteiger partial charge in [-0.1, -0.05) is 192 Å². The molecule has 15 heteroatoms. The molecule has 0 aliphatic carbocycles. The molecule has 0 aromatic rings. The Morgan fingerprint density at radius 1 is 0.321 bits per heavy atom. The first-order valence-corrected chi connectivity index (χ1v) is 31.4. The number of carbonyl (C=O) groups excluding carboxylic acids is 3. The highest BCUT2D eigenvalue weighted by Gasteiger charge is 2.14. The number of allylic oxidation sites excluding steroid dienone is 3. The number of hydrogen-bond donors (Lipinski definition) is 3. The number of hydrogen-bond acceptors (Lipinski definition) is 15. The predicted molar refractivity (Wildman–Crippen MR) is 312 cm³/mol. The minimum absolute atomic E-state index is 0.00731. The average molecular weight is 1110 g/mol. The predicted octanol–water partition coefficient (Wildman–Crippen LogP) is 15.7. The molecule has 3 atom stereocenters. The van der Waals surface area contributed by atoms with Crippen molar-refractivity contribution < 1.29 is 72.3 Å². The van der Waals surface area contributed by atoms with Crippen LogP contribution in [-0.2, 0) is 42.6 Å². The van der Waals surface area contributed by atoms with Crippen molar-refractivity contribution in [1.29, 1.82) is 0 Å². The topological polar surface area (TPSA) is 195 Å². The summed E-state index contributed by atoms with van der Waals surface area (Å²) in [6.45, 7) is 7.85. The molecule has 0 amide bonds. The van der Waals surface area contributed by atoms with Gasteiger partial charge in [-0.3, -0.25) is 0 Å². The smallest absolute Gasteiger partial charge is 0.434 e. The van der Waals surface area contributed by atoms with Gasteiger partial charge >= 0.3 is 18.5 Å². The van der Waals surface area contributed by atoms with E-state index in [0.717, 1.165) is 173 Å². The largest absolute Gasteiger partial charge is 0.508 e. The lowest BCUT2D eigenvalue weighted by Gasteiger charge is -2.18. The maximum Gasteiger partial charge on any atom is 0.508 e. The number of aliphatic hydroxyl groups excluding tert-OH is 3. The molecular formula is C63H116O15. The zero-order valence-corrected chi connectivity index (χ0v) is 49.7. The van der Waals surface area contributed by atoms with Gasteiger partial charge in [0, 0.05) is 0 Å². The molecule has 0 fully saturated rings. The molecule has 0 aliphatic rings. The van der Waals surface area contributed by atoms with E-state index in [9.17, 15) is 29.7 Å². The molecular weight excluding hydrogens is 997 g/mol. The highest BCUT2D eigenvalue weighted by atomic mass is 16.7. The van der Waals surface area contributed by atoms with E-state index in [-0.39, 0.29) is 91.0 Å². The number of rotatable bonds is 59. The maximum atomic E-state index is 12.2. The lowest BCUT2D eigenvalue weighted by Crippen LogP contribution is -2.29. The summed E-state index contributed by atoms with van der Waals surface area (Å²) in [5.74, 6) is 0. The first kappa shape index (κ1) is 74.8. The Morgan fingerprint density at radius 2 is 0.603 bits per heavy atom. The molecule has 15 nitrogen and oxygen atoms in total. The molecule has 0 radical (unpaired) electrons. The third kappa shape index (κ3) is 58.9. The fraction of sp³-hybridized carbons (Fsp3) is 0.857. The van der Waals surface area contributed by atoms with Crippen molar-refractivity contribution in [3.05, 3.63) is 36.5 Å². The highest BCUT2D eigenvalue weighted by molar-refractivity contribution is 5.60. The first-order chi connectivity index (χ1) is 38.2. The van der Waals surface area contributed by atoms with E-state index in [1.807, 2.05) is 0 Å². The molecule has 0 heterocycles. The lowest BCUT2D eigenvalue weighted by molar-refractivity contribution is -0.0796. The molecule has 0 aromatic heterocycles. The van der Waals surface area contributed by atoms with Gasteiger partial charge in [-0.05, 0) is 96.3 Å². The van der Waals surface area contributed by atoms with Gasteiger partial charge in [0.1, 0.15) is 25.9 Å². The summed E-state index contributed by atoms with van der Waals surface area (Å²) in [5.41, 5.74) is 0. The van der Waals surface area contributed by atoms with Gasteiger partial charge < -0.3 is 58.0 Å². The molecule has 3 unspecified atom stereocenters. The van der Waals surface area contributed by atoms with Crippen LogP contribution in [0.4, 0.5) is 14.4 Å². The Hall–Kier alpha value is -3.21. The van der Waals surface area contributed by atoms with Crippen molar-refractivity contribution in [2.75, 3.05) is 72.7 Å². The van der Waals surface area contributed by atoms with Crippen LogP contribution in [0.3, 0.4) is 0 Å². The second-order valence-corrected chi connectivity index (χ2v) is 20.8. The van der Waals surface area contributed by atoms with Crippen molar-refractivity contribution in [2.24, 2.45) is 0 Å². The molecule has 78 heavy (non-hydrogen) atoms. The second kappa shape index (κ2) is 61.4. The molecule has 0 aliphatic heterocycles. The fourth-order valence-electron chi connectivity index (χ4n) is 8.44. The van der Waals surface area contributed by atoms with E-state index in [4.69, 9.17) is 42.6 Å². The summed E-state index contributed by atoms with van der Waals surface area (Å²) in [6.07, 6.45) is 46.3. The van der Waals surface area contributed by atoms with Crippen LogP contribution in [0.2, 0.25) is 0 Å². The normalized spacial score (nSPS) is 13.3. The van der Waals surface area contributed by atoms with E-state index in [1.54, 1.807) is 0 Å². The summed E-state index contributed by atoms with van der Waals surface area (Å²) >= 11 is 0. The third-order valence-electron chi connectivity index (χ3n) is 13.3. The Morgan fingerprint density at radius 3 is 0.936 bits per heavy atom. The van der Waals surface area contributed by atoms with Crippen molar-refractivity contribution in [3.8, 4) is 0 Å². The second-order valence-electron chi connectivity index (χ2n) is 20.8. The van der Waals surface area contributed by atoms with Crippen molar-refractivity contribution >= 4 is 18.5 Å². The zero-order chi connectivity index (χ0) is 56.9. The van der Waals surface area contributed by atoms with Gasteiger partial charge in [0.15, 0.2) is 0 Å². The van der Waals surface area contributed by atoms with Gasteiger partial charge in [-0.2, -0.15) is 0 Å². The van der Waals surface area contributed by atoms with Crippen LogP contribution in [0.15, 0.2) is 36.5 Å². The Kier molecular flexibility index (Phi) is 58.9. The van der Waals surface area contributed by atoms with E-state index in [1.165, 1.54) is 57.8 Å². The Labute approximate surface area is 474 Å². The van der Waals surface area contributed by atoms with Crippen molar-refractivity contribution in [3.63, 3.8) is 0 Å².